The minimum atomic E-state index is 0.643. The van der Waals surface area contributed by atoms with Crippen molar-refractivity contribution in [2.75, 3.05) is 51.2 Å². The maximum Gasteiger partial charge on any atom is 0.0637 e. The maximum absolute atomic E-state index is 5.96. The van der Waals surface area contributed by atoms with E-state index in [1.165, 1.54) is 0 Å². The molecule has 0 radical (unpaired) electrons. The normalized spacial score (nSPS) is 10.5. The number of anilines is 2. The summed E-state index contributed by atoms with van der Waals surface area (Å²) < 4.78 is 10.2. The molecular formula is C12H19ClN2O2. The summed E-state index contributed by atoms with van der Waals surface area (Å²) in [4.78, 5) is 2.12. The average molecular weight is 259 g/mol. The molecule has 0 saturated carbocycles. The molecule has 0 unspecified atom stereocenters. The summed E-state index contributed by atoms with van der Waals surface area (Å²) in [5.74, 6) is 0. The second-order valence-corrected chi connectivity index (χ2v) is 4.11. The molecule has 5 heteroatoms. The van der Waals surface area contributed by atoms with E-state index in [0.29, 0.717) is 23.9 Å². The Hall–Kier alpha value is -0.970. The van der Waals surface area contributed by atoms with Crippen LogP contribution >= 0.6 is 11.6 Å². The zero-order valence-electron chi connectivity index (χ0n) is 10.3. The predicted molar refractivity (Wildman–Crippen MR) is 71.8 cm³/mol. The minimum Gasteiger partial charge on any atom is -0.397 e. The number of methoxy groups -OCH3 is 2. The van der Waals surface area contributed by atoms with Gasteiger partial charge in [-0.2, -0.15) is 0 Å². The summed E-state index contributed by atoms with van der Waals surface area (Å²) in [5, 5.41) is 0.643. The molecule has 1 aromatic rings. The number of nitrogens with two attached hydrogens (primary N) is 1. The van der Waals surface area contributed by atoms with Gasteiger partial charge < -0.3 is 20.1 Å². The number of nitrogens with zero attached hydrogens (tertiary/aromatic N) is 1. The minimum absolute atomic E-state index is 0.643. The zero-order valence-corrected chi connectivity index (χ0v) is 11.0. The van der Waals surface area contributed by atoms with Gasteiger partial charge in [0.15, 0.2) is 0 Å². The van der Waals surface area contributed by atoms with Crippen LogP contribution in [-0.4, -0.2) is 40.5 Å². The van der Waals surface area contributed by atoms with Crippen molar-refractivity contribution in [3.8, 4) is 0 Å². The van der Waals surface area contributed by atoms with E-state index in [0.717, 1.165) is 18.8 Å². The van der Waals surface area contributed by atoms with Crippen LogP contribution in [0.5, 0.6) is 0 Å². The van der Waals surface area contributed by atoms with Gasteiger partial charge in [0.2, 0.25) is 0 Å². The van der Waals surface area contributed by atoms with Crippen molar-refractivity contribution >= 4 is 23.0 Å². The van der Waals surface area contributed by atoms with Gasteiger partial charge in [-0.15, -0.1) is 0 Å². The van der Waals surface area contributed by atoms with Gasteiger partial charge in [-0.1, -0.05) is 11.6 Å². The molecule has 0 aliphatic carbocycles. The third-order valence-corrected chi connectivity index (χ3v) is 2.70. The van der Waals surface area contributed by atoms with Crippen molar-refractivity contribution in [1.29, 1.82) is 0 Å². The number of rotatable bonds is 7. The van der Waals surface area contributed by atoms with Crippen molar-refractivity contribution in [3.05, 3.63) is 23.2 Å². The highest BCUT2D eigenvalue weighted by Crippen LogP contribution is 2.26. The molecule has 0 amide bonds. The molecule has 0 saturated heterocycles. The third-order valence-electron chi connectivity index (χ3n) is 2.46. The van der Waals surface area contributed by atoms with Crippen LogP contribution in [0.15, 0.2) is 18.2 Å². The van der Waals surface area contributed by atoms with Crippen LogP contribution in [0.4, 0.5) is 11.4 Å². The van der Waals surface area contributed by atoms with Gasteiger partial charge in [0, 0.05) is 32.3 Å². The summed E-state index contributed by atoms with van der Waals surface area (Å²) in [7, 11) is 3.36. The molecule has 17 heavy (non-hydrogen) atoms. The number of nitrogen functional groups attached to an aromatic ring is 1. The lowest BCUT2D eigenvalue weighted by Crippen LogP contribution is -2.31. The Morgan fingerprint density at radius 3 is 2.24 bits per heavy atom. The molecule has 0 fully saturated rings. The highest BCUT2D eigenvalue weighted by atomic mass is 35.5. The van der Waals surface area contributed by atoms with Crippen LogP contribution < -0.4 is 10.6 Å². The van der Waals surface area contributed by atoms with Gasteiger partial charge in [0.05, 0.1) is 24.6 Å². The number of hydrogen-bond donors (Lipinski definition) is 1. The fraction of sp³-hybridized carbons (Fsp3) is 0.500. The first-order valence-electron chi connectivity index (χ1n) is 5.47. The van der Waals surface area contributed by atoms with Crippen LogP contribution in [0.2, 0.25) is 5.02 Å². The molecule has 0 aliphatic rings. The van der Waals surface area contributed by atoms with Crippen LogP contribution in [0.1, 0.15) is 0 Å². The van der Waals surface area contributed by atoms with Gasteiger partial charge in [-0.25, -0.2) is 0 Å². The van der Waals surface area contributed by atoms with Crippen LogP contribution in [0.3, 0.4) is 0 Å². The fourth-order valence-corrected chi connectivity index (χ4v) is 1.75. The first-order chi connectivity index (χ1) is 8.19. The number of benzene rings is 1. The zero-order chi connectivity index (χ0) is 12.7. The molecule has 0 spiro atoms. The Kier molecular flexibility index (Phi) is 6.11. The molecule has 0 atom stereocenters. The van der Waals surface area contributed by atoms with Crippen molar-refractivity contribution in [3.63, 3.8) is 0 Å². The SMILES string of the molecule is COCCN(CCOC)c1ccc(Cl)cc1N. The number of halogens is 1. The Labute approximate surface area is 107 Å². The van der Waals surface area contributed by atoms with E-state index in [2.05, 4.69) is 4.90 Å². The van der Waals surface area contributed by atoms with E-state index < -0.39 is 0 Å². The third kappa shape index (κ3) is 4.42. The van der Waals surface area contributed by atoms with Gasteiger partial charge in [0.1, 0.15) is 0 Å². The number of hydrogen-bond acceptors (Lipinski definition) is 4. The van der Waals surface area contributed by atoms with E-state index in [1.54, 1.807) is 20.3 Å². The quantitative estimate of drug-likeness (QED) is 0.761. The van der Waals surface area contributed by atoms with Crippen molar-refractivity contribution in [1.82, 2.24) is 0 Å². The molecule has 96 valence electrons. The molecule has 1 rings (SSSR count). The highest BCUT2D eigenvalue weighted by molar-refractivity contribution is 6.31. The fourth-order valence-electron chi connectivity index (χ4n) is 1.57. The molecule has 1 aromatic carbocycles. The lowest BCUT2D eigenvalue weighted by Gasteiger charge is -2.25. The monoisotopic (exact) mass is 258 g/mol. The summed E-state index contributed by atoms with van der Waals surface area (Å²) >= 11 is 5.88. The van der Waals surface area contributed by atoms with Crippen LogP contribution in [0.25, 0.3) is 0 Å². The van der Waals surface area contributed by atoms with Crippen molar-refractivity contribution < 1.29 is 9.47 Å². The lowest BCUT2D eigenvalue weighted by molar-refractivity contribution is 0.190. The highest BCUT2D eigenvalue weighted by Gasteiger charge is 2.09. The summed E-state index contributed by atoms with van der Waals surface area (Å²) in [6.07, 6.45) is 0. The molecule has 2 N–H and O–H groups in total. The smallest absolute Gasteiger partial charge is 0.0637 e. The molecule has 0 bridgehead atoms. The molecule has 0 aromatic heterocycles. The summed E-state index contributed by atoms with van der Waals surface area (Å²) in [6.45, 7) is 2.83. The average Bonchev–Trinajstić information content (AvgIpc) is 2.30. The second-order valence-electron chi connectivity index (χ2n) is 3.68. The Bertz CT molecular complexity index is 339. The van der Waals surface area contributed by atoms with E-state index in [9.17, 15) is 0 Å². The van der Waals surface area contributed by atoms with E-state index in [1.807, 2.05) is 12.1 Å². The Morgan fingerprint density at radius 2 is 1.76 bits per heavy atom. The summed E-state index contributed by atoms with van der Waals surface area (Å²) in [5.41, 5.74) is 7.59. The predicted octanol–water partition coefficient (Wildman–Crippen LogP) is 2.02. The van der Waals surface area contributed by atoms with Crippen LogP contribution in [0, 0.1) is 0 Å². The Balaban J connectivity index is 2.79. The summed E-state index contributed by atoms with van der Waals surface area (Å²) in [6, 6.07) is 5.51. The van der Waals surface area contributed by atoms with E-state index in [-0.39, 0.29) is 0 Å². The second kappa shape index (κ2) is 7.37. The van der Waals surface area contributed by atoms with Gasteiger partial charge >= 0.3 is 0 Å². The van der Waals surface area contributed by atoms with Gasteiger partial charge in [-0.05, 0) is 18.2 Å². The molecule has 0 heterocycles. The van der Waals surface area contributed by atoms with Crippen molar-refractivity contribution in [2.24, 2.45) is 0 Å². The van der Waals surface area contributed by atoms with E-state index >= 15 is 0 Å². The molecule has 0 aliphatic heterocycles. The van der Waals surface area contributed by atoms with Crippen LogP contribution in [-0.2, 0) is 9.47 Å². The lowest BCUT2D eigenvalue weighted by atomic mass is 10.2. The first kappa shape index (κ1) is 14.1. The van der Waals surface area contributed by atoms with E-state index in [4.69, 9.17) is 26.8 Å². The standard InChI is InChI=1S/C12H19ClN2O2/c1-16-7-5-15(6-8-17-2)12-4-3-10(13)9-11(12)14/h3-4,9H,5-8,14H2,1-2H3. The molecular weight excluding hydrogens is 240 g/mol. The van der Waals surface area contributed by atoms with Gasteiger partial charge in [0.25, 0.3) is 0 Å². The molecule has 4 nitrogen and oxygen atoms in total. The van der Waals surface area contributed by atoms with Crippen molar-refractivity contribution in [2.45, 2.75) is 0 Å². The largest absolute Gasteiger partial charge is 0.397 e. The Morgan fingerprint density at radius 1 is 1.18 bits per heavy atom. The first-order valence-corrected chi connectivity index (χ1v) is 5.84. The number of ether oxygens (including phenoxy) is 2. The van der Waals surface area contributed by atoms with Gasteiger partial charge in [-0.3, -0.25) is 0 Å². The maximum atomic E-state index is 5.96. The topological polar surface area (TPSA) is 47.7 Å².